The van der Waals surface area contributed by atoms with Gasteiger partial charge < -0.3 is 10.2 Å². The van der Waals surface area contributed by atoms with Crippen LogP contribution in [0.4, 0.5) is 11.5 Å². The third-order valence-electron chi connectivity index (χ3n) is 3.89. The molecule has 0 spiro atoms. The Morgan fingerprint density at radius 2 is 1.96 bits per heavy atom. The van der Waals surface area contributed by atoms with E-state index >= 15 is 0 Å². The van der Waals surface area contributed by atoms with Crippen molar-refractivity contribution in [2.75, 3.05) is 26.0 Å². The van der Waals surface area contributed by atoms with Gasteiger partial charge in [0, 0.05) is 23.3 Å². The highest BCUT2D eigenvalue weighted by Gasteiger charge is 2.09. The van der Waals surface area contributed by atoms with E-state index in [-0.39, 0.29) is 12.2 Å². The van der Waals surface area contributed by atoms with Crippen molar-refractivity contribution in [2.24, 2.45) is 0 Å². The zero-order valence-electron chi connectivity index (χ0n) is 15.5. The molecule has 0 aliphatic heterocycles. The Morgan fingerprint density at radius 1 is 1.14 bits per heavy atom. The molecule has 3 aromatic rings. The molecule has 144 valence electrons. The minimum absolute atomic E-state index is 0.00968. The van der Waals surface area contributed by atoms with E-state index in [1.165, 1.54) is 6.33 Å². The van der Waals surface area contributed by atoms with Crippen LogP contribution in [0.2, 0.25) is 10.0 Å². The lowest BCUT2D eigenvalue weighted by atomic mass is 10.1. The molecule has 0 saturated carbocycles. The van der Waals surface area contributed by atoms with Crippen LogP contribution >= 0.6 is 23.2 Å². The van der Waals surface area contributed by atoms with Gasteiger partial charge in [-0.1, -0.05) is 29.3 Å². The second-order valence-electron chi connectivity index (χ2n) is 6.48. The van der Waals surface area contributed by atoms with E-state index in [1.54, 1.807) is 24.4 Å². The molecule has 2 heterocycles. The Kier molecular flexibility index (Phi) is 6.57. The lowest BCUT2D eigenvalue weighted by Gasteiger charge is -2.10. The maximum atomic E-state index is 12.2. The van der Waals surface area contributed by atoms with Crippen LogP contribution in [0.15, 0.2) is 48.9 Å². The van der Waals surface area contributed by atoms with Gasteiger partial charge >= 0.3 is 0 Å². The molecular weight excluding hydrogens is 397 g/mol. The number of nitrogens with zero attached hydrogens (tertiary/aromatic N) is 4. The van der Waals surface area contributed by atoms with Gasteiger partial charge in [-0.2, -0.15) is 0 Å². The first kappa shape index (κ1) is 20.2. The number of hydrogen-bond acceptors (Lipinski definition) is 6. The maximum absolute atomic E-state index is 12.2. The minimum Gasteiger partial charge on any atom is -0.340 e. The first-order valence-corrected chi connectivity index (χ1v) is 9.34. The Morgan fingerprint density at radius 3 is 2.71 bits per heavy atom. The predicted octanol–water partition coefficient (Wildman–Crippen LogP) is 4.30. The van der Waals surface area contributed by atoms with Gasteiger partial charge in [-0.25, -0.2) is 9.97 Å². The van der Waals surface area contributed by atoms with E-state index in [0.29, 0.717) is 33.6 Å². The van der Waals surface area contributed by atoms with Gasteiger partial charge in [0.25, 0.3) is 0 Å². The molecule has 6 nitrogen and oxygen atoms in total. The number of nitrogens with one attached hydrogen (secondary N) is 1. The van der Waals surface area contributed by atoms with Crippen molar-refractivity contribution >= 4 is 51.4 Å². The molecule has 0 unspecified atom stereocenters. The highest BCUT2D eigenvalue weighted by atomic mass is 35.5. The van der Waals surface area contributed by atoms with E-state index in [2.05, 4.69) is 20.3 Å². The minimum atomic E-state index is -0.00968. The van der Waals surface area contributed by atoms with Gasteiger partial charge in [0.1, 0.15) is 12.1 Å². The molecular formula is C20H19Cl2N5O. The summed E-state index contributed by atoms with van der Waals surface area (Å²) in [6, 6.07) is 7.07. The number of benzene rings is 1. The van der Waals surface area contributed by atoms with E-state index in [0.717, 1.165) is 11.1 Å². The number of halogens is 2. The van der Waals surface area contributed by atoms with E-state index < -0.39 is 0 Å². The lowest BCUT2D eigenvalue weighted by molar-refractivity contribution is -0.114. The number of carbonyl (C=O) groups is 1. The smallest absolute Gasteiger partial charge is 0.161 e. The SMILES string of the molecule is CN(C)C/C=C/C(=O)Cc1cc2c(Nc3ccc(Cl)c(Cl)c3)ncnc2cn1. The van der Waals surface area contributed by atoms with Crippen LogP contribution in [0.1, 0.15) is 5.69 Å². The monoisotopic (exact) mass is 415 g/mol. The van der Waals surface area contributed by atoms with Crippen LogP contribution < -0.4 is 5.32 Å². The molecule has 28 heavy (non-hydrogen) atoms. The first-order valence-electron chi connectivity index (χ1n) is 8.58. The van der Waals surface area contributed by atoms with Crippen LogP contribution in [0, 0.1) is 0 Å². The number of pyridine rings is 1. The standard InChI is InChI=1S/C20H19Cl2N5O/c1-27(2)7-3-4-15(28)8-14-9-16-19(11-23-14)24-12-25-20(16)26-13-5-6-17(21)18(22)10-13/h3-6,9-12H,7-8H2,1-2H3,(H,24,25,26)/b4-3+. The van der Waals surface area contributed by atoms with E-state index in [9.17, 15) is 4.79 Å². The summed E-state index contributed by atoms with van der Waals surface area (Å²) >= 11 is 12.0. The Balaban J connectivity index is 1.84. The highest BCUT2D eigenvalue weighted by molar-refractivity contribution is 6.42. The lowest BCUT2D eigenvalue weighted by Crippen LogP contribution is -2.11. The summed E-state index contributed by atoms with van der Waals surface area (Å²) in [6.45, 7) is 0.711. The van der Waals surface area contributed by atoms with Gasteiger partial charge in [-0.15, -0.1) is 0 Å². The van der Waals surface area contributed by atoms with Crippen molar-refractivity contribution in [1.82, 2.24) is 19.9 Å². The molecule has 8 heteroatoms. The molecule has 0 fully saturated rings. The summed E-state index contributed by atoms with van der Waals surface area (Å²) in [5, 5.41) is 4.91. The molecule has 0 aliphatic rings. The summed E-state index contributed by atoms with van der Waals surface area (Å²) < 4.78 is 0. The molecule has 0 atom stereocenters. The fourth-order valence-electron chi connectivity index (χ4n) is 2.54. The quantitative estimate of drug-likeness (QED) is 0.579. The number of allylic oxidation sites excluding steroid dienone is 1. The van der Waals surface area contributed by atoms with Gasteiger partial charge in [0.05, 0.1) is 28.2 Å². The number of rotatable bonds is 7. The number of fused-ring (bicyclic) bond motifs is 1. The van der Waals surface area contributed by atoms with Crippen LogP contribution in [-0.2, 0) is 11.2 Å². The van der Waals surface area contributed by atoms with Crippen LogP contribution in [0.25, 0.3) is 10.9 Å². The number of likely N-dealkylation sites (N-methyl/N-ethyl adjacent to an activating group) is 1. The van der Waals surface area contributed by atoms with Gasteiger partial charge in [0.15, 0.2) is 5.78 Å². The molecule has 1 aromatic carbocycles. The summed E-state index contributed by atoms with van der Waals surface area (Å²) in [5.41, 5.74) is 2.08. The highest BCUT2D eigenvalue weighted by Crippen LogP contribution is 2.28. The summed E-state index contributed by atoms with van der Waals surface area (Å²) in [5.74, 6) is 0.590. The topological polar surface area (TPSA) is 71.0 Å². The number of hydrogen-bond donors (Lipinski definition) is 1. The third-order valence-corrected chi connectivity index (χ3v) is 4.63. The van der Waals surface area contributed by atoms with Gasteiger partial charge in [0.2, 0.25) is 0 Å². The maximum Gasteiger partial charge on any atom is 0.161 e. The Bertz CT molecular complexity index is 1040. The van der Waals surface area contributed by atoms with Gasteiger partial charge in [-0.3, -0.25) is 9.78 Å². The summed E-state index contributed by atoms with van der Waals surface area (Å²) in [6.07, 6.45) is 6.73. The van der Waals surface area contributed by atoms with Crippen LogP contribution in [0.5, 0.6) is 0 Å². The molecule has 1 N–H and O–H groups in total. The molecule has 0 saturated heterocycles. The van der Waals surface area contributed by atoms with Crippen molar-refractivity contribution < 1.29 is 4.79 Å². The largest absolute Gasteiger partial charge is 0.340 e. The van der Waals surface area contributed by atoms with E-state index in [4.69, 9.17) is 23.2 Å². The summed E-state index contributed by atoms with van der Waals surface area (Å²) in [7, 11) is 3.89. The molecule has 2 aromatic heterocycles. The van der Waals surface area contributed by atoms with E-state index in [1.807, 2.05) is 37.2 Å². The number of aromatic nitrogens is 3. The normalized spacial score (nSPS) is 11.5. The zero-order valence-corrected chi connectivity index (χ0v) is 17.0. The van der Waals surface area contributed by atoms with Crippen molar-refractivity contribution in [3.63, 3.8) is 0 Å². The van der Waals surface area contributed by atoms with Gasteiger partial charge in [-0.05, 0) is 44.4 Å². The van der Waals surface area contributed by atoms with Crippen molar-refractivity contribution in [2.45, 2.75) is 6.42 Å². The molecule has 0 amide bonds. The third kappa shape index (κ3) is 5.25. The van der Waals surface area contributed by atoms with Crippen LogP contribution in [0.3, 0.4) is 0 Å². The summed E-state index contributed by atoms with van der Waals surface area (Å²) in [4.78, 5) is 27.0. The second kappa shape index (κ2) is 9.10. The first-order chi connectivity index (χ1) is 13.4. The number of ketones is 1. The molecule has 0 radical (unpaired) electrons. The number of carbonyl (C=O) groups excluding carboxylic acids is 1. The Hall–Kier alpha value is -2.54. The fraction of sp³-hybridized carbons (Fsp3) is 0.200. The molecule has 0 bridgehead atoms. The predicted molar refractivity (Wildman–Crippen MR) is 113 cm³/mol. The fourth-order valence-corrected chi connectivity index (χ4v) is 2.84. The molecule has 0 aliphatic carbocycles. The average molecular weight is 416 g/mol. The number of anilines is 2. The van der Waals surface area contributed by atoms with Crippen molar-refractivity contribution in [3.05, 3.63) is 64.7 Å². The van der Waals surface area contributed by atoms with Crippen molar-refractivity contribution in [1.29, 1.82) is 0 Å². The zero-order chi connectivity index (χ0) is 20.1. The molecule has 3 rings (SSSR count). The van der Waals surface area contributed by atoms with Crippen LogP contribution in [-0.4, -0.2) is 46.3 Å². The average Bonchev–Trinajstić information content (AvgIpc) is 2.65. The Labute approximate surface area is 173 Å². The second-order valence-corrected chi connectivity index (χ2v) is 7.29. The van der Waals surface area contributed by atoms with Crippen molar-refractivity contribution in [3.8, 4) is 0 Å².